The number of ether oxygens (including phenoxy) is 1. The number of benzene rings is 2. The van der Waals surface area contributed by atoms with Crippen molar-refractivity contribution in [2.75, 3.05) is 48.7 Å². The lowest BCUT2D eigenvalue weighted by Gasteiger charge is -2.39. The van der Waals surface area contributed by atoms with Gasteiger partial charge in [-0.05, 0) is 48.9 Å². The highest BCUT2D eigenvalue weighted by molar-refractivity contribution is 7.92. The van der Waals surface area contributed by atoms with Crippen molar-refractivity contribution in [2.45, 2.75) is 19.4 Å². The number of carbonyl (C=O) groups excluding carboxylic acids is 1. The van der Waals surface area contributed by atoms with E-state index in [0.717, 1.165) is 17.7 Å². The van der Waals surface area contributed by atoms with Gasteiger partial charge in [0.2, 0.25) is 15.9 Å². The number of rotatable bonds is 7. The molecule has 1 fully saturated rings. The Bertz CT molecular complexity index is 1010. The van der Waals surface area contributed by atoms with E-state index in [1.807, 2.05) is 31.2 Å². The van der Waals surface area contributed by atoms with E-state index in [1.54, 1.807) is 36.3 Å². The van der Waals surface area contributed by atoms with E-state index < -0.39 is 16.1 Å². The molecule has 0 saturated carbocycles. The number of nitrogens with zero attached hydrogens (tertiary/aromatic N) is 3. The summed E-state index contributed by atoms with van der Waals surface area (Å²) in [5.41, 5.74) is 1.46. The first-order valence-electron chi connectivity index (χ1n) is 10.2. The number of hydrogen-bond acceptors (Lipinski definition) is 5. The van der Waals surface area contributed by atoms with E-state index in [1.165, 1.54) is 4.31 Å². The summed E-state index contributed by atoms with van der Waals surface area (Å²) < 4.78 is 31.6. The van der Waals surface area contributed by atoms with Crippen molar-refractivity contribution in [1.29, 1.82) is 0 Å². The van der Waals surface area contributed by atoms with Crippen molar-refractivity contribution in [2.24, 2.45) is 0 Å². The van der Waals surface area contributed by atoms with Gasteiger partial charge in [0.15, 0.2) is 0 Å². The predicted octanol–water partition coefficient (Wildman–Crippen LogP) is 3.24. The number of piperazine rings is 1. The van der Waals surface area contributed by atoms with Gasteiger partial charge in [0.25, 0.3) is 0 Å². The zero-order valence-electron chi connectivity index (χ0n) is 18.0. The van der Waals surface area contributed by atoms with Crippen LogP contribution in [0, 0.1) is 0 Å². The second-order valence-electron chi connectivity index (χ2n) is 7.47. The lowest BCUT2D eigenvalue weighted by Crippen LogP contribution is -2.56. The van der Waals surface area contributed by atoms with Crippen molar-refractivity contribution >= 4 is 38.9 Å². The van der Waals surface area contributed by atoms with Crippen LogP contribution in [-0.4, -0.2) is 64.8 Å². The second-order valence-corrected chi connectivity index (χ2v) is 9.77. The summed E-state index contributed by atoms with van der Waals surface area (Å²) in [6.45, 7) is 4.21. The average Bonchev–Trinajstić information content (AvgIpc) is 2.76. The molecule has 0 aromatic heterocycles. The minimum Gasteiger partial charge on any atom is -0.497 e. The number of anilines is 2. The SMILES string of the molecule is CC[C@@H](C(=O)N1CCN(c2ccc(OC)cc2)CC1)N(c1cccc(Cl)c1)S(C)(=O)=O. The number of amides is 1. The summed E-state index contributed by atoms with van der Waals surface area (Å²) >= 11 is 6.08. The Hall–Kier alpha value is -2.45. The van der Waals surface area contributed by atoms with Crippen LogP contribution < -0.4 is 13.9 Å². The average molecular weight is 466 g/mol. The fourth-order valence-electron chi connectivity index (χ4n) is 3.85. The minimum absolute atomic E-state index is 0.192. The first-order valence-corrected chi connectivity index (χ1v) is 12.4. The van der Waals surface area contributed by atoms with Crippen LogP contribution in [0.3, 0.4) is 0 Å². The molecule has 1 aliphatic heterocycles. The van der Waals surface area contributed by atoms with E-state index in [9.17, 15) is 13.2 Å². The van der Waals surface area contributed by atoms with Crippen LogP contribution in [-0.2, 0) is 14.8 Å². The molecule has 1 saturated heterocycles. The van der Waals surface area contributed by atoms with Crippen molar-refractivity contribution in [3.8, 4) is 5.75 Å². The lowest BCUT2D eigenvalue weighted by molar-refractivity contribution is -0.132. The van der Waals surface area contributed by atoms with E-state index in [-0.39, 0.29) is 5.91 Å². The summed E-state index contributed by atoms with van der Waals surface area (Å²) in [6.07, 6.45) is 1.47. The second kappa shape index (κ2) is 9.78. The zero-order valence-corrected chi connectivity index (χ0v) is 19.6. The van der Waals surface area contributed by atoms with Gasteiger partial charge in [0, 0.05) is 36.9 Å². The smallest absolute Gasteiger partial charge is 0.246 e. The lowest BCUT2D eigenvalue weighted by atomic mass is 10.1. The molecule has 0 aliphatic carbocycles. The molecule has 0 radical (unpaired) electrons. The fourth-order valence-corrected chi connectivity index (χ4v) is 5.23. The Labute approximate surface area is 189 Å². The summed E-state index contributed by atoms with van der Waals surface area (Å²) in [5.74, 6) is 0.604. The Kier molecular flexibility index (Phi) is 7.33. The van der Waals surface area contributed by atoms with Crippen molar-refractivity contribution in [3.05, 3.63) is 53.6 Å². The Morgan fingerprint density at radius 3 is 2.29 bits per heavy atom. The first-order chi connectivity index (χ1) is 14.7. The number of hydrogen-bond donors (Lipinski definition) is 0. The molecule has 7 nitrogen and oxygen atoms in total. The maximum atomic E-state index is 13.4. The van der Waals surface area contributed by atoms with Crippen LogP contribution in [0.5, 0.6) is 5.75 Å². The molecule has 3 rings (SSSR count). The molecular formula is C22H28ClN3O4S. The number of halogens is 1. The van der Waals surface area contributed by atoms with Crippen molar-refractivity contribution < 1.29 is 17.9 Å². The van der Waals surface area contributed by atoms with E-state index in [2.05, 4.69) is 4.90 Å². The molecule has 0 spiro atoms. The summed E-state index contributed by atoms with van der Waals surface area (Å²) in [7, 11) is -2.05. The molecule has 1 heterocycles. The highest BCUT2D eigenvalue weighted by Gasteiger charge is 2.35. The first kappa shape index (κ1) is 23.2. The number of sulfonamides is 1. The monoisotopic (exact) mass is 465 g/mol. The zero-order chi connectivity index (χ0) is 22.6. The van der Waals surface area contributed by atoms with Gasteiger partial charge in [-0.1, -0.05) is 24.6 Å². The van der Waals surface area contributed by atoms with Gasteiger partial charge in [-0.15, -0.1) is 0 Å². The fraction of sp³-hybridized carbons (Fsp3) is 0.409. The van der Waals surface area contributed by atoms with Crippen molar-refractivity contribution in [3.63, 3.8) is 0 Å². The Morgan fingerprint density at radius 2 is 1.77 bits per heavy atom. The Morgan fingerprint density at radius 1 is 1.13 bits per heavy atom. The van der Waals surface area contributed by atoms with Crippen LogP contribution in [0.1, 0.15) is 13.3 Å². The quantitative estimate of drug-likeness (QED) is 0.627. The summed E-state index contributed by atoms with van der Waals surface area (Å²) in [6, 6.07) is 13.6. The van der Waals surface area contributed by atoms with Gasteiger partial charge in [0.1, 0.15) is 11.8 Å². The molecule has 1 atom stereocenters. The van der Waals surface area contributed by atoms with E-state index >= 15 is 0 Å². The van der Waals surface area contributed by atoms with Crippen LogP contribution in [0.4, 0.5) is 11.4 Å². The molecule has 0 bridgehead atoms. The van der Waals surface area contributed by atoms with Gasteiger partial charge in [-0.3, -0.25) is 9.10 Å². The van der Waals surface area contributed by atoms with Gasteiger partial charge < -0.3 is 14.5 Å². The molecule has 168 valence electrons. The third-order valence-electron chi connectivity index (χ3n) is 5.40. The topological polar surface area (TPSA) is 70.2 Å². The molecule has 0 N–H and O–H groups in total. The molecule has 9 heteroatoms. The molecule has 1 aliphatic rings. The van der Waals surface area contributed by atoms with Crippen LogP contribution >= 0.6 is 11.6 Å². The van der Waals surface area contributed by atoms with Gasteiger partial charge in [-0.25, -0.2) is 8.42 Å². The standard InChI is InChI=1S/C22H28ClN3O4S/c1-4-21(26(31(3,28)29)19-7-5-6-17(23)16-19)22(27)25-14-12-24(13-15-25)18-8-10-20(30-2)11-9-18/h5-11,16,21H,4,12-15H2,1-3H3/t21-/m0/s1. The Balaban J connectivity index is 1.75. The van der Waals surface area contributed by atoms with Crippen LogP contribution in [0.15, 0.2) is 48.5 Å². The molecule has 2 aromatic carbocycles. The molecular weight excluding hydrogens is 438 g/mol. The molecule has 1 amide bonds. The highest BCUT2D eigenvalue weighted by Crippen LogP contribution is 2.27. The van der Waals surface area contributed by atoms with E-state index in [4.69, 9.17) is 16.3 Å². The minimum atomic E-state index is -3.69. The predicted molar refractivity (Wildman–Crippen MR) is 125 cm³/mol. The van der Waals surface area contributed by atoms with Crippen molar-refractivity contribution in [1.82, 2.24) is 4.90 Å². The third-order valence-corrected chi connectivity index (χ3v) is 6.82. The van der Waals surface area contributed by atoms with Crippen LogP contribution in [0.2, 0.25) is 5.02 Å². The van der Waals surface area contributed by atoms with Gasteiger partial charge in [-0.2, -0.15) is 0 Å². The van der Waals surface area contributed by atoms with Gasteiger partial charge in [0.05, 0.1) is 19.1 Å². The van der Waals surface area contributed by atoms with Gasteiger partial charge >= 0.3 is 0 Å². The van der Waals surface area contributed by atoms with E-state index in [0.29, 0.717) is 43.3 Å². The summed E-state index contributed by atoms with van der Waals surface area (Å²) in [4.78, 5) is 17.3. The normalized spacial score (nSPS) is 15.5. The highest BCUT2D eigenvalue weighted by atomic mass is 35.5. The molecule has 0 unspecified atom stereocenters. The van der Waals surface area contributed by atoms with Crippen LogP contribution in [0.25, 0.3) is 0 Å². The maximum absolute atomic E-state index is 13.4. The summed E-state index contributed by atoms with van der Waals surface area (Å²) in [5, 5.41) is 0.418. The largest absolute Gasteiger partial charge is 0.497 e. The number of methoxy groups -OCH3 is 1. The molecule has 31 heavy (non-hydrogen) atoms. The maximum Gasteiger partial charge on any atom is 0.246 e. The molecule has 2 aromatic rings. The third kappa shape index (κ3) is 5.43. The number of carbonyl (C=O) groups is 1.